The SMILES string of the molecule is Cc1nc2cc(C(F)(F)F)cc(C#N)c2c(=O)n1CCOc1ccc(Cl)cc1-c1ccnc2c(C(=O)O)c(Cl)sc12. The lowest BCUT2D eigenvalue weighted by atomic mass is 10.0. The van der Waals surface area contributed by atoms with E-state index in [9.17, 15) is 33.1 Å². The highest BCUT2D eigenvalue weighted by Gasteiger charge is 2.32. The standard InChI is InChI=1S/C27H15Cl2F3N4O4S/c1-12-35-18-9-14(27(30,31)32)8-13(11-33)20(18)25(37)36(12)6-7-40-19-3-2-15(28)10-17(19)16-4-5-34-22-21(26(38)39)24(29)41-23(16)22/h2-5,8-10H,6-7H2,1H3,(H,38,39). The summed E-state index contributed by atoms with van der Waals surface area (Å²) in [5.41, 5.74) is -1.22. The van der Waals surface area contributed by atoms with Gasteiger partial charge in [0.25, 0.3) is 5.56 Å². The maximum Gasteiger partial charge on any atom is 0.416 e. The number of carboxylic acids is 1. The molecule has 0 aliphatic rings. The summed E-state index contributed by atoms with van der Waals surface area (Å²) in [5.74, 6) is -0.723. The number of carboxylic acid groups (broad SMARTS) is 1. The summed E-state index contributed by atoms with van der Waals surface area (Å²) in [6.45, 7) is 1.36. The van der Waals surface area contributed by atoms with Crippen molar-refractivity contribution >= 4 is 61.6 Å². The quantitative estimate of drug-likeness (QED) is 0.218. The van der Waals surface area contributed by atoms with Gasteiger partial charge in [0.05, 0.1) is 38.8 Å². The number of aromatic nitrogens is 3. The van der Waals surface area contributed by atoms with Crippen molar-refractivity contribution < 1.29 is 27.8 Å². The highest BCUT2D eigenvalue weighted by molar-refractivity contribution is 7.23. The minimum Gasteiger partial charge on any atom is -0.491 e. The number of hydrogen-bond donors (Lipinski definition) is 1. The van der Waals surface area contributed by atoms with E-state index < -0.39 is 28.8 Å². The molecule has 0 aliphatic heterocycles. The van der Waals surface area contributed by atoms with E-state index in [4.69, 9.17) is 27.9 Å². The predicted octanol–water partition coefficient (Wildman–Crippen LogP) is 6.96. The van der Waals surface area contributed by atoms with E-state index in [2.05, 4.69) is 9.97 Å². The minimum absolute atomic E-state index is 0.0404. The molecule has 41 heavy (non-hydrogen) atoms. The lowest BCUT2D eigenvalue weighted by molar-refractivity contribution is -0.137. The van der Waals surface area contributed by atoms with Crippen LogP contribution in [0.25, 0.3) is 32.2 Å². The van der Waals surface area contributed by atoms with E-state index >= 15 is 0 Å². The van der Waals surface area contributed by atoms with Gasteiger partial charge in [-0.2, -0.15) is 18.4 Å². The van der Waals surface area contributed by atoms with Gasteiger partial charge in [-0.25, -0.2) is 9.78 Å². The molecule has 0 atom stereocenters. The Bertz CT molecular complexity index is 1980. The maximum atomic E-state index is 13.3. The number of halogens is 5. The van der Waals surface area contributed by atoms with Crippen molar-refractivity contribution in [1.29, 1.82) is 5.26 Å². The van der Waals surface area contributed by atoms with Crippen molar-refractivity contribution in [1.82, 2.24) is 14.5 Å². The number of aromatic carboxylic acids is 1. The second-order valence-electron chi connectivity index (χ2n) is 8.72. The topological polar surface area (TPSA) is 118 Å². The van der Waals surface area contributed by atoms with Gasteiger partial charge in [0, 0.05) is 22.3 Å². The first-order valence-corrected chi connectivity index (χ1v) is 13.2. The van der Waals surface area contributed by atoms with Crippen molar-refractivity contribution in [2.75, 3.05) is 6.61 Å². The molecule has 0 unspecified atom stereocenters. The molecule has 0 spiro atoms. The highest BCUT2D eigenvalue weighted by Crippen LogP contribution is 2.43. The number of carbonyl (C=O) groups is 1. The van der Waals surface area contributed by atoms with E-state index in [1.807, 2.05) is 0 Å². The maximum absolute atomic E-state index is 13.3. The molecule has 0 bridgehead atoms. The van der Waals surface area contributed by atoms with Gasteiger partial charge < -0.3 is 9.84 Å². The van der Waals surface area contributed by atoms with Crippen LogP contribution in [-0.2, 0) is 12.7 Å². The molecule has 2 aromatic carbocycles. The van der Waals surface area contributed by atoms with Gasteiger partial charge in [0.2, 0.25) is 0 Å². The Labute approximate surface area is 242 Å². The van der Waals surface area contributed by atoms with Gasteiger partial charge in [-0.1, -0.05) is 23.2 Å². The summed E-state index contributed by atoms with van der Waals surface area (Å²) in [4.78, 5) is 33.3. The molecule has 3 heterocycles. The number of thiophene rings is 1. The molecule has 8 nitrogen and oxygen atoms in total. The van der Waals surface area contributed by atoms with Crippen LogP contribution in [0.5, 0.6) is 5.75 Å². The second-order valence-corrected chi connectivity index (χ2v) is 10.8. The van der Waals surface area contributed by atoms with Crippen molar-refractivity contribution in [2.45, 2.75) is 19.6 Å². The number of pyridine rings is 1. The third-order valence-electron chi connectivity index (χ3n) is 6.24. The lowest BCUT2D eigenvalue weighted by Crippen LogP contribution is -2.27. The average Bonchev–Trinajstić information content (AvgIpc) is 3.26. The Morgan fingerprint density at radius 1 is 1.20 bits per heavy atom. The Morgan fingerprint density at radius 3 is 2.63 bits per heavy atom. The van der Waals surface area contributed by atoms with Crippen LogP contribution < -0.4 is 10.3 Å². The molecule has 0 saturated carbocycles. The first-order chi connectivity index (χ1) is 19.4. The molecule has 5 aromatic rings. The fourth-order valence-electron chi connectivity index (χ4n) is 4.42. The van der Waals surface area contributed by atoms with Crippen molar-refractivity contribution in [3.63, 3.8) is 0 Å². The molecule has 0 aliphatic carbocycles. The molecular weight excluding hydrogens is 604 g/mol. The van der Waals surface area contributed by atoms with E-state index in [0.29, 0.717) is 32.7 Å². The summed E-state index contributed by atoms with van der Waals surface area (Å²) in [5, 5.41) is 19.2. The summed E-state index contributed by atoms with van der Waals surface area (Å²) < 4.78 is 47.6. The fourth-order valence-corrected chi connectivity index (χ4v) is 6.00. The molecule has 14 heteroatoms. The van der Waals surface area contributed by atoms with Crippen molar-refractivity contribution in [2.24, 2.45) is 0 Å². The average molecular weight is 619 g/mol. The molecule has 0 radical (unpaired) electrons. The summed E-state index contributed by atoms with van der Waals surface area (Å²) in [7, 11) is 0. The van der Waals surface area contributed by atoms with Gasteiger partial charge >= 0.3 is 12.1 Å². The van der Waals surface area contributed by atoms with Crippen LogP contribution in [0.4, 0.5) is 13.2 Å². The zero-order chi connectivity index (χ0) is 29.6. The molecule has 208 valence electrons. The van der Waals surface area contributed by atoms with Gasteiger partial charge in [-0.15, -0.1) is 11.3 Å². The summed E-state index contributed by atoms with van der Waals surface area (Å²) >= 11 is 13.5. The molecule has 0 amide bonds. The lowest BCUT2D eigenvalue weighted by Gasteiger charge is -2.16. The normalized spacial score (nSPS) is 11.6. The number of aryl methyl sites for hydroxylation is 1. The largest absolute Gasteiger partial charge is 0.491 e. The predicted molar refractivity (Wildman–Crippen MR) is 148 cm³/mol. The third-order valence-corrected chi connectivity index (χ3v) is 7.90. The number of nitriles is 1. The smallest absolute Gasteiger partial charge is 0.416 e. The number of alkyl halides is 3. The molecular formula is C27H15Cl2F3N4O4S. The van der Waals surface area contributed by atoms with E-state index in [0.717, 1.165) is 17.4 Å². The second kappa shape index (κ2) is 10.7. The van der Waals surface area contributed by atoms with Crippen molar-refractivity contribution in [3.8, 4) is 22.9 Å². The monoisotopic (exact) mass is 618 g/mol. The van der Waals surface area contributed by atoms with Crippen LogP contribution in [-0.4, -0.2) is 32.2 Å². The first kappa shape index (κ1) is 28.4. The first-order valence-electron chi connectivity index (χ1n) is 11.7. The Morgan fingerprint density at radius 2 is 1.95 bits per heavy atom. The van der Waals surface area contributed by atoms with Crippen LogP contribution in [0.2, 0.25) is 9.36 Å². The Kier molecular flexibility index (Phi) is 7.37. The third kappa shape index (κ3) is 5.19. The zero-order valence-electron chi connectivity index (χ0n) is 20.7. The van der Waals surface area contributed by atoms with E-state index in [-0.39, 0.29) is 45.3 Å². The molecule has 5 rings (SSSR count). The number of hydrogen-bond acceptors (Lipinski definition) is 7. The molecule has 0 saturated heterocycles. The Hall–Kier alpha value is -4.18. The van der Waals surface area contributed by atoms with Gasteiger partial charge in [0.15, 0.2) is 0 Å². The van der Waals surface area contributed by atoms with Gasteiger partial charge in [-0.3, -0.25) is 14.3 Å². The van der Waals surface area contributed by atoms with Crippen LogP contribution in [0.15, 0.2) is 47.4 Å². The van der Waals surface area contributed by atoms with Crippen molar-refractivity contribution in [3.05, 3.63) is 84.8 Å². The number of fused-ring (bicyclic) bond motifs is 2. The minimum atomic E-state index is -4.71. The fraction of sp³-hybridized carbons (Fsp3) is 0.148. The van der Waals surface area contributed by atoms with Crippen LogP contribution >= 0.6 is 34.5 Å². The van der Waals surface area contributed by atoms with Crippen LogP contribution in [0.3, 0.4) is 0 Å². The Balaban J connectivity index is 1.50. The van der Waals surface area contributed by atoms with E-state index in [1.165, 1.54) is 17.7 Å². The highest BCUT2D eigenvalue weighted by atomic mass is 35.5. The number of ether oxygens (including phenoxy) is 1. The van der Waals surface area contributed by atoms with Crippen LogP contribution in [0, 0.1) is 18.3 Å². The molecule has 3 aromatic heterocycles. The molecule has 0 fully saturated rings. The van der Waals surface area contributed by atoms with Crippen LogP contribution in [0.1, 0.15) is 27.3 Å². The van der Waals surface area contributed by atoms with Gasteiger partial charge in [0.1, 0.15) is 34.1 Å². The van der Waals surface area contributed by atoms with E-state index in [1.54, 1.807) is 30.3 Å². The zero-order valence-corrected chi connectivity index (χ0v) is 23.0. The molecule has 1 N–H and O–H groups in total. The van der Waals surface area contributed by atoms with Gasteiger partial charge in [-0.05, 0) is 43.3 Å². The number of rotatable bonds is 6. The number of benzene rings is 2. The number of nitrogens with zero attached hydrogens (tertiary/aromatic N) is 4. The summed E-state index contributed by atoms with van der Waals surface area (Å²) in [6, 6.07) is 9.53. The summed E-state index contributed by atoms with van der Waals surface area (Å²) in [6.07, 6.45) is -3.27.